The van der Waals surface area contributed by atoms with Crippen molar-refractivity contribution in [3.63, 3.8) is 0 Å². The molecule has 1 saturated heterocycles. The first-order valence-corrected chi connectivity index (χ1v) is 13.2. The second-order valence-electron chi connectivity index (χ2n) is 7.85. The molecule has 0 bridgehead atoms. The summed E-state index contributed by atoms with van der Waals surface area (Å²) in [6.45, 7) is 7.89. The number of carbonyl (C=O) groups excluding carboxylic acids is 2. The van der Waals surface area contributed by atoms with E-state index in [2.05, 4.69) is 16.5 Å². The molecule has 5 nitrogen and oxygen atoms in total. The Labute approximate surface area is 199 Å². The quantitative estimate of drug-likeness (QED) is 0.391. The molecule has 1 heterocycles. The van der Waals surface area contributed by atoms with Crippen LogP contribution in [0.5, 0.6) is 0 Å². The van der Waals surface area contributed by atoms with Crippen LogP contribution in [0.4, 0.5) is 5.69 Å². The van der Waals surface area contributed by atoms with E-state index in [4.69, 9.17) is 0 Å². The minimum Gasteiger partial charge on any atom is -0.369 e. The Morgan fingerprint density at radius 3 is 2.27 bits per heavy atom. The predicted octanol–water partition coefficient (Wildman–Crippen LogP) is 4.27. The third kappa shape index (κ3) is 5.07. The fourth-order valence-corrected chi connectivity index (χ4v) is 6.34. The van der Waals surface area contributed by atoms with E-state index >= 15 is 0 Å². The lowest BCUT2D eigenvalue weighted by molar-refractivity contribution is -0.109. The zero-order chi connectivity index (χ0) is 23.4. The van der Waals surface area contributed by atoms with Crippen molar-refractivity contribution < 1.29 is 13.8 Å². The predicted molar refractivity (Wildman–Crippen MR) is 139 cm³/mol. The van der Waals surface area contributed by atoms with Crippen LogP contribution in [0.2, 0.25) is 0 Å². The van der Waals surface area contributed by atoms with Gasteiger partial charge in [-0.1, -0.05) is 42.1 Å². The number of fused-ring (bicyclic) bond motifs is 1. The molecule has 170 valence electrons. The van der Waals surface area contributed by atoms with E-state index in [1.54, 1.807) is 12.1 Å². The van der Waals surface area contributed by atoms with Crippen molar-refractivity contribution in [2.45, 2.75) is 11.8 Å². The molecule has 3 aromatic carbocycles. The second kappa shape index (κ2) is 9.98. The highest BCUT2D eigenvalue weighted by Gasteiger charge is 2.26. The number of hydrogen-bond acceptors (Lipinski definition) is 5. The van der Waals surface area contributed by atoms with Gasteiger partial charge in [-0.05, 0) is 58.8 Å². The SMILES string of the molecule is C=C=S(=O)(c1ccc2ccccc2c1)N1CCN(c2ccc(C(=O)CSC(C)=O)cc2)CC1. The first kappa shape index (κ1) is 23.3. The van der Waals surface area contributed by atoms with Gasteiger partial charge in [-0.2, -0.15) is 0 Å². The zero-order valence-electron chi connectivity index (χ0n) is 18.5. The summed E-state index contributed by atoms with van der Waals surface area (Å²) in [6.07, 6.45) is 0. The Morgan fingerprint density at radius 2 is 1.64 bits per heavy atom. The van der Waals surface area contributed by atoms with Gasteiger partial charge >= 0.3 is 0 Å². The van der Waals surface area contributed by atoms with Crippen molar-refractivity contribution in [2.75, 3.05) is 36.8 Å². The van der Waals surface area contributed by atoms with Crippen LogP contribution >= 0.6 is 11.8 Å². The largest absolute Gasteiger partial charge is 0.369 e. The minimum absolute atomic E-state index is 0.0526. The number of ketones is 1. The maximum Gasteiger partial charge on any atom is 0.186 e. The van der Waals surface area contributed by atoms with Crippen molar-refractivity contribution in [1.29, 1.82) is 0 Å². The summed E-state index contributed by atoms with van der Waals surface area (Å²) in [6, 6.07) is 21.4. The van der Waals surface area contributed by atoms with Crippen molar-refractivity contribution in [1.82, 2.24) is 4.31 Å². The number of benzene rings is 3. The lowest BCUT2D eigenvalue weighted by Gasteiger charge is -2.37. The van der Waals surface area contributed by atoms with Gasteiger partial charge in [0.15, 0.2) is 10.9 Å². The van der Waals surface area contributed by atoms with E-state index in [1.807, 2.05) is 58.9 Å². The maximum absolute atomic E-state index is 13.9. The summed E-state index contributed by atoms with van der Waals surface area (Å²) >= 11 is 1.03. The molecule has 1 atom stereocenters. The van der Waals surface area contributed by atoms with E-state index in [1.165, 1.54) is 6.92 Å². The number of thioether (sulfide) groups is 1. The van der Waals surface area contributed by atoms with Gasteiger partial charge in [0.2, 0.25) is 0 Å². The fourth-order valence-electron chi connectivity index (χ4n) is 3.98. The van der Waals surface area contributed by atoms with Crippen molar-refractivity contribution in [3.05, 3.63) is 78.9 Å². The number of rotatable bonds is 6. The van der Waals surface area contributed by atoms with Crippen LogP contribution in [0.1, 0.15) is 17.3 Å². The number of hydrogen-bond donors (Lipinski definition) is 0. The van der Waals surface area contributed by atoms with Crippen molar-refractivity contribution in [2.24, 2.45) is 0 Å². The Kier molecular flexibility index (Phi) is 7.05. The lowest BCUT2D eigenvalue weighted by Crippen LogP contribution is -2.48. The molecule has 7 heteroatoms. The summed E-state index contributed by atoms with van der Waals surface area (Å²) in [5.74, 6) is 0.109. The van der Waals surface area contributed by atoms with Crippen LogP contribution in [-0.2, 0) is 14.5 Å². The van der Waals surface area contributed by atoms with Gasteiger partial charge in [0, 0.05) is 44.4 Å². The average Bonchev–Trinajstić information content (AvgIpc) is 2.86. The second-order valence-corrected chi connectivity index (χ2v) is 11.3. The molecule has 1 unspecified atom stereocenters. The molecule has 4 rings (SSSR count). The fraction of sp³-hybridized carbons (Fsp3) is 0.231. The minimum atomic E-state index is -2.66. The van der Waals surface area contributed by atoms with Crippen molar-refractivity contribution in [3.8, 4) is 0 Å². The highest BCUT2D eigenvalue weighted by Crippen LogP contribution is 2.25. The molecule has 0 amide bonds. The summed E-state index contributed by atoms with van der Waals surface area (Å²) in [5.41, 5.74) is 1.62. The molecule has 3 aromatic rings. The Hall–Kier alpha value is -2.83. The molecule has 0 N–H and O–H groups in total. The van der Waals surface area contributed by atoms with E-state index in [-0.39, 0.29) is 16.7 Å². The Morgan fingerprint density at radius 1 is 0.970 bits per heavy atom. The third-order valence-corrected chi connectivity index (χ3v) is 8.99. The standard InChI is InChI=1S/C26H26N2O3S2/c1-3-33(31,25-13-10-21-6-4-5-7-23(21)18-25)28-16-14-27(15-17-28)24-11-8-22(9-12-24)26(30)19-32-20(2)29/h4-13,18H,1,14-17,19H2,2H3. The van der Waals surface area contributed by atoms with Gasteiger partial charge < -0.3 is 4.90 Å². The number of carbonyl (C=O) groups is 2. The molecule has 0 radical (unpaired) electrons. The molecule has 1 aliphatic rings. The van der Waals surface area contributed by atoms with Gasteiger partial charge in [-0.15, -0.1) is 0 Å². The van der Waals surface area contributed by atoms with E-state index in [0.29, 0.717) is 31.7 Å². The maximum atomic E-state index is 13.9. The number of piperazine rings is 1. The van der Waals surface area contributed by atoms with E-state index < -0.39 is 9.71 Å². The molecule has 0 spiro atoms. The lowest BCUT2D eigenvalue weighted by atomic mass is 10.1. The highest BCUT2D eigenvalue weighted by atomic mass is 32.2. The van der Waals surface area contributed by atoms with Gasteiger partial charge in [0.25, 0.3) is 0 Å². The van der Waals surface area contributed by atoms with Gasteiger partial charge in [-0.25, -0.2) is 8.51 Å². The Bertz CT molecular complexity index is 1330. The third-order valence-electron chi connectivity index (χ3n) is 5.80. The number of anilines is 1. The van der Waals surface area contributed by atoms with Crippen LogP contribution in [0, 0.1) is 0 Å². The van der Waals surface area contributed by atoms with Crippen LogP contribution < -0.4 is 4.90 Å². The normalized spacial score (nSPS) is 16.2. The van der Waals surface area contributed by atoms with Crippen molar-refractivity contribution >= 4 is 53.9 Å². The number of nitrogens with zero attached hydrogens (tertiary/aromatic N) is 2. The van der Waals surface area contributed by atoms with Crippen LogP contribution in [0.25, 0.3) is 10.8 Å². The molecule has 0 aliphatic carbocycles. The summed E-state index contributed by atoms with van der Waals surface area (Å²) in [4.78, 5) is 26.2. The molecule has 0 saturated carbocycles. The number of Topliss-reactive ketones (excluding diaryl/α,β-unsaturated/α-hetero) is 1. The van der Waals surface area contributed by atoms with Gasteiger partial charge in [-0.3, -0.25) is 9.59 Å². The first-order chi connectivity index (χ1) is 15.9. The van der Waals surface area contributed by atoms with Crippen LogP contribution in [-0.4, -0.2) is 56.4 Å². The molecular formula is C26H26N2O3S2. The summed E-state index contributed by atoms with van der Waals surface area (Å²) in [5, 5.41) is 4.94. The highest BCUT2D eigenvalue weighted by molar-refractivity contribution is 8.14. The topological polar surface area (TPSA) is 57.7 Å². The van der Waals surface area contributed by atoms with E-state index in [9.17, 15) is 13.8 Å². The molecule has 1 fully saturated rings. The monoisotopic (exact) mass is 478 g/mol. The zero-order valence-corrected chi connectivity index (χ0v) is 20.2. The molecule has 33 heavy (non-hydrogen) atoms. The Balaban J connectivity index is 1.45. The first-order valence-electron chi connectivity index (χ1n) is 10.7. The van der Waals surface area contributed by atoms with Gasteiger partial charge in [0.1, 0.15) is 9.71 Å². The van der Waals surface area contributed by atoms with E-state index in [0.717, 1.165) is 33.1 Å². The smallest absolute Gasteiger partial charge is 0.186 e. The summed E-state index contributed by atoms with van der Waals surface area (Å²) in [7, 11) is -2.66. The average molecular weight is 479 g/mol. The van der Waals surface area contributed by atoms with Crippen LogP contribution in [0.3, 0.4) is 0 Å². The van der Waals surface area contributed by atoms with Gasteiger partial charge in [0.05, 0.1) is 10.6 Å². The molecule has 1 aliphatic heterocycles. The summed E-state index contributed by atoms with van der Waals surface area (Å²) < 4.78 is 15.9. The molecular weight excluding hydrogens is 452 g/mol. The van der Waals surface area contributed by atoms with Crippen LogP contribution in [0.15, 0.2) is 78.2 Å². The molecule has 0 aromatic heterocycles.